The Balaban J connectivity index is 1.56. The maximum atomic E-state index is 12.1. The summed E-state index contributed by atoms with van der Waals surface area (Å²) >= 11 is 1.15. The molecule has 0 spiro atoms. The third-order valence-corrected chi connectivity index (χ3v) is 4.56. The second kappa shape index (κ2) is 8.30. The second-order valence-electron chi connectivity index (χ2n) is 5.42. The molecule has 0 saturated carbocycles. The molecule has 2 aromatic rings. The van der Waals surface area contributed by atoms with Crippen LogP contribution >= 0.6 is 11.8 Å². The van der Waals surface area contributed by atoms with Gasteiger partial charge in [-0.3, -0.25) is 9.59 Å². The lowest BCUT2D eigenvalue weighted by molar-refractivity contribution is -0.122. The van der Waals surface area contributed by atoms with E-state index >= 15 is 0 Å². The van der Waals surface area contributed by atoms with Crippen LogP contribution in [0, 0.1) is 0 Å². The molecule has 26 heavy (non-hydrogen) atoms. The fourth-order valence-electron chi connectivity index (χ4n) is 2.23. The Morgan fingerprint density at radius 1 is 1.19 bits per heavy atom. The van der Waals surface area contributed by atoms with Crippen molar-refractivity contribution in [2.45, 2.75) is 11.7 Å². The molecule has 132 valence electrons. The van der Waals surface area contributed by atoms with Crippen molar-refractivity contribution >= 4 is 40.6 Å². The smallest absolute Gasteiger partial charge is 0.240 e. The maximum absolute atomic E-state index is 12.1. The maximum Gasteiger partial charge on any atom is 0.240 e. The number of carbonyl (C=O) groups is 2. The van der Waals surface area contributed by atoms with Gasteiger partial charge in [-0.2, -0.15) is 5.10 Å². The molecule has 0 radical (unpaired) electrons. The summed E-state index contributed by atoms with van der Waals surface area (Å²) in [4.78, 5) is 24.0. The number of rotatable bonds is 5. The van der Waals surface area contributed by atoms with E-state index in [0.29, 0.717) is 16.4 Å². The van der Waals surface area contributed by atoms with Gasteiger partial charge in [0, 0.05) is 17.7 Å². The monoisotopic (exact) mass is 368 g/mol. The van der Waals surface area contributed by atoms with Crippen LogP contribution in [0.5, 0.6) is 5.75 Å². The molecule has 2 amide bonds. The quantitative estimate of drug-likeness (QED) is 0.557. The molecule has 0 aromatic heterocycles. The molecular weight excluding hydrogens is 352 g/mol. The third-order valence-electron chi connectivity index (χ3n) is 3.49. The Morgan fingerprint density at radius 3 is 2.69 bits per heavy atom. The minimum absolute atomic E-state index is 0.0353. The molecule has 0 aliphatic carbocycles. The summed E-state index contributed by atoms with van der Waals surface area (Å²) in [7, 11) is 0. The number of anilines is 1. The van der Waals surface area contributed by atoms with E-state index in [0.717, 1.165) is 11.8 Å². The fraction of sp³-hybridized carbons (Fsp3) is 0.111. The summed E-state index contributed by atoms with van der Waals surface area (Å²) in [6, 6.07) is 15.8. The van der Waals surface area contributed by atoms with Crippen molar-refractivity contribution in [3.8, 4) is 5.75 Å². The van der Waals surface area contributed by atoms with Crippen molar-refractivity contribution in [3.05, 3.63) is 60.2 Å². The lowest BCUT2D eigenvalue weighted by atomic mass is 10.2. The zero-order valence-corrected chi connectivity index (χ0v) is 14.4. The van der Waals surface area contributed by atoms with Crippen LogP contribution in [-0.4, -0.2) is 33.6 Å². The molecule has 0 bridgehead atoms. The molecule has 1 saturated heterocycles. The predicted molar refractivity (Wildman–Crippen MR) is 102 cm³/mol. The van der Waals surface area contributed by atoms with Gasteiger partial charge in [0.1, 0.15) is 11.0 Å². The SMILES string of the molecule is O=C(CC1SC(=NN=Cc2ccccc2O)NC1=O)Nc1ccccc1. The average molecular weight is 368 g/mol. The summed E-state index contributed by atoms with van der Waals surface area (Å²) < 4.78 is 0. The standard InChI is InChI=1S/C18H16N4O3S/c23-14-9-5-4-6-12(14)11-19-22-18-21-17(25)15(26-18)10-16(24)20-13-7-2-1-3-8-13/h1-9,11,15,23H,10H2,(H,20,24)(H,21,22,25). The molecule has 1 unspecified atom stereocenters. The van der Waals surface area contributed by atoms with E-state index in [1.165, 1.54) is 6.21 Å². The van der Waals surface area contributed by atoms with Crippen LogP contribution in [0.2, 0.25) is 0 Å². The minimum Gasteiger partial charge on any atom is -0.507 e. The molecule has 3 rings (SSSR count). The van der Waals surface area contributed by atoms with Gasteiger partial charge >= 0.3 is 0 Å². The first-order valence-electron chi connectivity index (χ1n) is 7.83. The van der Waals surface area contributed by atoms with E-state index in [9.17, 15) is 14.7 Å². The summed E-state index contributed by atoms with van der Waals surface area (Å²) in [6.45, 7) is 0. The molecule has 1 atom stereocenters. The number of hydrogen-bond acceptors (Lipinski definition) is 6. The highest BCUT2D eigenvalue weighted by Crippen LogP contribution is 2.23. The molecule has 1 aliphatic heterocycles. The number of hydrogen-bond donors (Lipinski definition) is 3. The number of nitrogens with zero attached hydrogens (tertiary/aromatic N) is 2. The van der Waals surface area contributed by atoms with Gasteiger partial charge in [-0.15, -0.1) is 5.10 Å². The van der Waals surface area contributed by atoms with Gasteiger partial charge in [-0.1, -0.05) is 42.1 Å². The molecule has 8 heteroatoms. The van der Waals surface area contributed by atoms with Crippen LogP contribution in [0.3, 0.4) is 0 Å². The summed E-state index contributed by atoms with van der Waals surface area (Å²) in [6.07, 6.45) is 1.43. The molecule has 2 aromatic carbocycles. The van der Waals surface area contributed by atoms with Gasteiger partial charge in [0.05, 0.1) is 6.21 Å². The minimum atomic E-state index is -0.558. The van der Waals surface area contributed by atoms with E-state index < -0.39 is 5.25 Å². The molecule has 1 aliphatic rings. The first-order chi connectivity index (χ1) is 12.6. The van der Waals surface area contributed by atoms with Crippen LogP contribution in [0.1, 0.15) is 12.0 Å². The van der Waals surface area contributed by atoms with Crippen LogP contribution in [0.25, 0.3) is 0 Å². The highest BCUT2D eigenvalue weighted by molar-refractivity contribution is 8.15. The number of amidine groups is 1. The van der Waals surface area contributed by atoms with Gasteiger partial charge in [0.15, 0.2) is 5.17 Å². The van der Waals surface area contributed by atoms with Crippen LogP contribution < -0.4 is 10.6 Å². The number of phenols is 1. The Kier molecular flexibility index (Phi) is 5.65. The molecule has 7 nitrogen and oxygen atoms in total. The fourth-order valence-corrected chi connectivity index (χ4v) is 3.15. The normalized spacial score (nSPS) is 18.2. The van der Waals surface area contributed by atoms with Crippen LogP contribution in [0.15, 0.2) is 64.8 Å². The average Bonchev–Trinajstić information content (AvgIpc) is 2.97. The van der Waals surface area contributed by atoms with E-state index in [2.05, 4.69) is 20.8 Å². The summed E-state index contributed by atoms with van der Waals surface area (Å²) in [5, 5.41) is 22.5. The zero-order valence-electron chi connectivity index (χ0n) is 13.6. The Morgan fingerprint density at radius 2 is 1.92 bits per heavy atom. The Bertz CT molecular complexity index is 868. The largest absolute Gasteiger partial charge is 0.507 e. The first-order valence-corrected chi connectivity index (χ1v) is 8.71. The van der Waals surface area contributed by atoms with Crippen molar-refractivity contribution in [1.82, 2.24) is 5.32 Å². The van der Waals surface area contributed by atoms with Crippen LogP contribution in [-0.2, 0) is 9.59 Å². The van der Waals surface area contributed by atoms with Crippen molar-refractivity contribution in [2.24, 2.45) is 10.2 Å². The summed E-state index contributed by atoms with van der Waals surface area (Å²) in [5.74, 6) is -0.437. The van der Waals surface area contributed by atoms with Gasteiger partial charge in [-0.25, -0.2) is 0 Å². The van der Waals surface area contributed by atoms with E-state index in [1.807, 2.05) is 18.2 Å². The summed E-state index contributed by atoms with van der Waals surface area (Å²) in [5.41, 5.74) is 1.20. The van der Waals surface area contributed by atoms with Gasteiger partial charge < -0.3 is 15.7 Å². The number of thioether (sulfide) groups is 1. The molecule has 1 heterocycles. The Hall–Kier alpha value is -3.13. The van der Waals surface area contributed by atoms with Crippen molar-refractivity contribution in [2.75, 3.05) is 5.32 Å². The number of amides is 2. The van der Waals surface area contributed by atoms with Gasteiger partial charge in [0.2, 0.25) is 11.8 Å². The van der Waals surface area contributed by atoms with E-state index in [4.69, 9.17) is 0 Å². The van der Waals surface area contributed by atoms with E-state index in [-0.39, 0.29) is 24.0 Å². The highest BCUT2D eigenvalue weighted by Gasteiger charge is 2.32. The predicted octanol–water partition coefficient (Wildman–Crippen LogP) is 2.34. The molecule has 3 N–H and O–H groups in total. The third kappa shape index (κ3) is 4.70. The Labute approximate surface area is 154 Å². The number of carbonyl (C=O) groups excluding carboxylic acids is 2. The number of nitrogens with one attached hydrogen (secondary N) is 2. The highest BCUT2D eigenvalue weighted by atomic mass is 32.2. The lowest BCUT2D eigenvalue weighted by Crippen LogP contribution is -2.28. The van der Waals surface area contributed by atoms with Gasteiger partial charge in [0.25, 0.3) is 0 Å². The topological polar surface area (TPSA) is 103 Å². The lowest BCUT2D eigenvalue weighted by Gasteiger charge is -2.06. The van der Waals surface area contributed by atoms with Crippen molar-refractivity contribution in [1.29, 1.82) is 0 Å². The number of para-hydroxylation sites is 2. The number of benzene rings is 2. The molecular formula is C18H16N4O3S. The van der Waals surface area contributed by atoms with Crippen molar-refractivity contribution < 1.29 is 14.7 Å². The first kappa shape index (κ1) is 17.7. The number of phenolic OH excluding ortho intramolecular Hbond substituents is 1. The molecule has 1 fully saturated rings. The number of aromatic hydroxyl groups is 1. The second-order valence-corrected chi connectivity index (χ2v) is 6.61. The van der Waals surface area contributed by atoms with Crippen LogP contribution in [0.4, 0.5) is 5.69 Å². The van der Waals surface area contributed by atoms with Gasteiger partial charge in [-0.05, 0) is 24.3 Å². The van der Waals surface area contributed by atoms with Crippen molar-refractivity contribution in [3.63, 3.8) is 0 Å². The zero-order chi connectivity index (χ0) is 18.4. The van der Waals surface area contributed by atoms with E-state index in [1.54, 1.807) is 36.4 Å².